The number of benzene rings is 2. The first-order chi connectivity index (χ1) is 12.1. The normalized spacial score (nSPS) is 18.4. The van der Waals surface area contributed by atoms with E-state index in [9.17, 15) is 14.0 Å². The van der Waals surface area contributed by atoms with Gasteiger partial charge in [0, 0.05) is 12.5 Å². The molecule has 0 heterocycles. The molecule has 5 heteroatoms. The Kier molecular flexibility index (Phi) is 5.43. The Labute approximate surface area is 146 Å². The summed E-state index contributed by atoms with van der Waals surface area (Å²) in [4.78, 5) is 23.9. The van der Waals surface area contributed by atoms with E-state index in [1.807, 2.05) is 30.3 Å². The lowest BCUT2D eigenvalue weighted by Crippen LogP contribution is -2.38. The molecule has 0 radical (unpaired) electrons. The molecule has 2 amide bonds. The molecule has 1 saturated carbocycles. The number of amides is 2. The second-order valence-corrected chi connectivity index (χ2v) is 6.30. The molecule has 3 rings (SSSR count). The molecule has 0 aromatic heterocycles. The maximum atomic E-state index is 12.9. The number of carbonyl (C=O) groups excluding carboxylic acids is 2. The minimum atomic E-state index is -0.280. The zero-order valence-electron chi connectivity index (χ0n) is 13.9. The van der Waals surface area contributed by atoms with Gasteiger partial charge < -0.3 is 10.6 Å². The third-order valence-corrected chi connectivity index (χ3v) is 4.43. The van der Waals surface area contributed by atoms with Crippen LogP contribution >= 0.6 is 0 Å². The topological polar surface area (TPSA) is 58.2 Å². The lowest BCUT2D eigenvalue weighted by Gasteiger charge is -2.07. The van der Waals surface area contributed by atoms with E-state index in [-0.39, 0.29) is 36.0 Å². The molecule has 1 aliphatic rings. The maximum Gasteiger partial charge on any atom is 0.239 e. The van der Waals surface area contributed by atoms with Crippen molar-refractivity contribution in [3.63, 3.8) is 0 Å². The van der Waals surface area contributed by atoms with Crippen LogP contribution < -0.4 is 10.6 Å². The van der Waals surface area contributed by atoms with Crippen molar-refractivity contribution in [2.45, 2.75) is 18.8 Å². The summed E-state index contributed by atoms with van der Waals surface area (Å²) < 4.78 is 12.9. The average molecular weight is 340 g/mol. The Bertz CT molecular complexity index is 731. The molecule has 2 unspecified atom stereocenters. The Morgan fingerprint density at radius 2 is 1.72 bits per heavy atom. The van der Waals surface area contributed by atoms with Gasteiger partial charge in [-0.3, -0.25) is 9.59 Å². The molecule has 130 valence electrons. The van der Waals surface area contributed by atoms with E-state index in [0.717, 1.165) is 24.0 Å². The summed E-state index contributed by atoms with van der Waals surface area (Å²) >= 11 is 0. The van der Waals surface area contributed by atoms with E-state index in [0.29, 0.717) is 6.54 Å². The summed E-state index contributed by atoms with van der Waals surface area (Å²) in [7, 11) is 0. The molecule has 25 heavy (non-hydrogen) atoms. The van der Waals surface area contributed by atoms with Gasteiger partial charge in [0.1, 0.15) is 5.82 Å². The summed E-state index contributed by atoms with van der Waals surface area (Å²) in [5, 5.41) is 5.48. The van der Waals surface area contributed by atoms with E-state index in [1.165, 1.54) is 12.1 Å². The fourth-order valence-electron chi connectivity index (χ4n) is 2.92. The molecule has 0 spiro atoms. The SMILES string of the molecule is O=C(CNC(=O)C1CC1c1ccc(F)cc1)NCCc1ccccc1. The van der Waals surface area contributed by atoms with Crippen LogP contribution in [-0.2, 0) is 16.0 Å². The number of carbonyl (C=O) groups is 2. The minimum Gasteiger partial charge on any atom is -0.354 e. The van der Waals surface area contributed by atoms with Crippen LogP contribution in [0, 0.1) is 11.7 Å². The van der Waals surface area contributed by atoms with Crippen molar-refractivity contribution in [1.82, 2.24) is 10.6 Å². The van der Waals surface area contributed by atoms with E-state index >= 15 is 0 Å². The number of rotatable bonds is 7. The molecule has 0 aliphatic heterocycles. The Balaban J connectivity index is 1.35. The van der Waals surface area contributed by atoms with Gasteiger partial charge in [-0.15, -0.1) is 0 Å². The van der Waals surface area contributed by atoms with Crippen molar-refractivity contribution in [3.8, 4) is 0 Å². The van der Waals surface area contributed by atoms with Gasteiger partial charge in [0.25, 0.3) is 0 Å². The second-order valence-electron chi connectivity index (χ2n) is 6.30. The number of nitrogens with one attached hydrogen (secondary N) is 2. The van der Waals surface area contributed by atoms with Crippen LogP contribution in [0.1, 0.15) is 23.5 Å². The largest absolute Gasteiger partial charge is 0.354 e. The van der Waals surface area contributed by atoms with Crippen molar-refractivity contribution in [1.29, 1.82) is 0 Å². The van der Waals surface area contributed by atoms with Crippen LogP contribution in [0.3, 0.4) is 0 Å². The van der Waals surface area contributed by atoms with E-state index in [1.54, 1.807) is 12.1 Å². The highest BCUT2D eigenvalue weighted by atomic mass is 19.1. The van der Waals surface area contributed by atoms with Gasteiger partial charge in [-0.25, -0.2) is 4.39 Å². The van der Waals surface area contributed by atoms with Crippen molar-refractivity contribution < 1.29 is 14.0 Å². The summed E-state index contributed by atoms with van der Waals surface area (Å²) in [5.74, 6) is -0.585. The molecule has 4 nitrogen and oxygen atoms in total. The second kappa shape index (κ2) is 7.92. The molecular formula is C20H21FN2O2. The zero-order chi connectivity index (χ0) is 17.6. The minimum absolute atomic E-state index is 0.0136. The van der Waals surface area contributed by atoms with Crippen molar-refractivity contribution in [2.75, 3.05) is 13.1 Å². The summed E-state index contributed by atoms with van der Waals surface area (Å²) in [5.41, 5.74) is 2.13. The maximum absolute atomic E-state index is 12.9. The highest BCUT2D eigenvalue weighted by molar-refractivity contribution is 5.87. The number of hydrogen-bond donors (Lipinski definition) is 2. The van der Waals surface area contributed by atoms with E-state index < -0.39 is 0 Å². The van der Waals surface area contributed by atoms with Gasteiger partial charge in [0.15, 0.2) is 0 Å². The molecule has 2 aromatic rings. The fourth-order valence-corrected chi connectivity index (χ4v) is 2.92. The quantitative estimate of drug-likeness (QED) is 0.813. The molecule has 2 atom stereocenters. The van der Waals surface area contributed by atoms with Crippen LogP contribution in [0.4, 0.5) is 4.39 Å². The molecule has 2 N–H and O–H groups in total. The average Bonchev–Trinajstić information content (AvgIpc) is 3.42. The molecule has 2 aromatic carbocycles. The first kappa shape index (κ1) is 17.1. The van der Waals surface area contributed by atoms with Crippen molar-refractivity contribution in [3.05, 3.63) is 71.5 Å². The first-order valence-electron chi connectivity index (χ1n) is 8.47. The highest BCUT2D eigenvalue weighted by Crippen LogP contribution is 2.47. The third-order valence-electron chi connectivity index (χ3n) is 4.43. The van der Waals surface area contributed by atoms with Gasteiger partial charge in [0.2, 0.25) is 11.8 Å². The molecule has 1 aliphatic carbocycles. The molecule has 0 bridgehead atoms. The van der Waals surface area contributed by atoms with Crippen molar-refractivity contribution in [2.24, 2.45) is 5.92 Å². The van der Waals surface area contributed by atoms with Gasteiger partial charge >= 0.3 is 0 Å². The van der Waals surface area contributed by atoms with Crippen LogP contribution in [-0.4, -0.2) is 24.9 Å². The monoisotopic (exact) mass is 340 g/mol. The zero-order valence-corrected chi connectivity index (χ0v) is 13.9. The Hall–Kier alpha value is -2.69. The van der Waals surface area contributed by atoms with Gasteiger partial charge in [-0.1, -0.05) is 42.5 Å². The third kappa shape index (κ3) is 4.89. The summed E-state index contributed by atoms with van der Waals surface area (Å²) in [6.07, 6.45) is 1.50. The van der Waals surface area contributed by atoms with Crippen molar-refractivity contribution >= 4 is 11.8 Å². The Morgan fingerprint density at radius 1 is 1.00 bits per heavy atom. The first-order valence-corrected chi connectivity index (χ1v) is 8.47. The fraction of sp³-hybridized carbons (Fsp3) is 0.300. The number of halogens is 1. The van der Waals surface area contributed by atoms with Crippen LogP contribution in [0.2, 0.25) is 0 Å². The molecule has 1 fully saturated rings. The van der Waals surface area contributed by atoms with Gasteiger partial charge in [-0.2, -0.15) is 0 Å². The van der Waals surface area contributed by atoms with E-state index in [2.05, 4.69) is 10.6 Å². The van der Waals surface area contributed by atoms with Crippen LogP contribution in [0.25, 0.3) is 0 Å². The van der Waals surface area contributed by atoms with Crippen LogP contribution in [0.15, 0.2) is 54.6 Å². The standard InChI is InChI=1S/C20H21FN2O2/c21-16-8-6-15(7-9-16)17-12-18(17)20(25)23-13-19(24)22-11-10-14-4-2-1-3-5-14/h1-9,17-18H,10-13H2,(H,22,24)(H,23,25). The lowest BCUT2D eigenvalue weighted by atomic mass is 10.1. The smallest absolute Gasteiger partial charge is 0.239 e. The predicted molar refractivity (Wildman–Crippen MR) is 93.4 cm³/mol. The van der Waals surface area contributed by atoms with E-state index in [4.69, 9.17) is 0 Å². The number of hydrogen-bond acceptors (Lipinski definition) is 2. The highest BCUT2D eigenvalue weighted by Gasteiger charge is 2.43. The summed E-state index contributed by atoms with van der Waals surface area (Å²) in [6, 6.07) is 16.1. The predicted octanol–water partition coefficient (Wildman–Crippen LogP) is 2.40. The molecule has 0 saturated heterocycles. The Morgan fingerprint density at radius 3 is 2.44 bits per heavy atom. The van der Waals surface area contributed by atoms with Gasteiger partial charge in [-0.05, 0) is 42.0 Å². The lowest BCUT2D eigenvalue weighted by molar-refractivity contribution is -0.126. The molecular weight excluding hydrogens is 319 g/mol. The van der Waals surface area contributed by atoms with Crippen LogP contribution in [0.5, 0.6) is 0 Å². The van der Waals surface area contributed by atoms with Gasteiger partial charge in [0.05, 0.1) is 6.54 Å². The summed E-state index contributed by atoms with van der Waals surface area (Å²) in [6.45, 7) is 0.528.